The van der Waals surface area contributed by atoms with Crippen LogP contribution in [0.1, 0.15) is 47.3 Å². The second kappa shape index (κ2) is 9.62. The Labute approximate surface area is 208 Å². The first kappa shape index (κ1) is 23.2. The van der Waals surface area contributed by atoms with Crippen molar-refractivity contribution < 1.29 is 4.79 Å². The Morgan fingerprint density at radius 2 is 1.71 bits per heavy atom. The van der Waals surface area contributed by atoms with Crippen LogP contribution in [-0.4, -0.2) is 36.0 Å². The van der Waals surface area contributed by atoms with Crippen LogP contribution in [0.2, 0.25) is 5.02 Å². The van der Waals surface area contributed by atoms with Gasteiger partial charge in [-0.15, -0.1) is 0 Å². The third kappa shape index (κ3) is 4.71. The molecule has 1 aliphatic carbocycles. The van der Waals surface area contributed by atoms with Gasteiger partial charge in [-0.05, 0) is 63.6 Å². The van der Waals surface area contributed by atoms with E-state index < -0.39 is 0 Å². The lowest BCUT2D eigenvalue weighted by Gasteiger charge is -2.29. The first-order valence-corrected chi connectivity index (χ1v) is 12.2. The highest BCUT2D eigenvalue weighted by molar-refractivity contribution is 6.30. The summed E-state index contributed by atoms with van der Waals surface area (Å²) in [5.74, 6) is 0.170. The summed E-state index contributed by atoms with van der Waals surface area (Å²) in [6.07, 6.45) is 8.28. The van der Waals surface area contributed by atoms with E-state index in [0.717, 1.165) is 36.9 Å². The molecule has 180 valence electrons. The highest BCUT2D eigenvalue weighted by atomic mass is 35.5. The van der Waals surface area contributed by atoms with Crippen LogP contribution in [0.25, 0.3) is 17.0 Å². The minimum atomic E-state index is -0.145. The molecule has 1 aliphatic rings. The van der Waals surface area contributed by atoms with Gasteiger partial charge in [0.1, 0.15) is 0 Å². The van der Waals surface area contributed by atoms with E-state index in [1.54, 1.807) is 40.7 Å². The van der Waals surface area contributed by atoms with Crippen LogP contribution in [-0.2, 0) is 6.54 Å². The van der Waals surface area contributed by atoms with Gasteiger partial charge in [-0.25, -0.2) is 19.3 Å². The van der Waals surface area contributed by atoms with E-state index in [1.807, 2.05) is 31.2 Å². The molecule has 0 bridgehead atoms. The van der Waals surface area contributed by atoms with Crippen LogP contribution >= 0.6 is 11.6 Å². The topological polar surface area (TPSA) is 94.7 Å². The summed E-state index contributed by atoms with van der Waals surface area (Å²) in [7, 11) is 0. The lowest BCUT2D eigenvalue weighted by molar-refractivity contribution is 0.0919. The Kier molecular flexibility index (Phi) is 6.38. The summed E-state index contributed by atoms with van der Waals surface area (Å²) in [5.41, 5.74) is 4.10. The van der Waals surface area contributed by atoms with Crippen LogP contribution in [0, 0.1) is 19.8 Å². The zero-order valence-electron chi connectivity index (χ0n) is 19.7. The van der Waals surface area contributed by atoms with Crippen LogP contribution < -0.4 is 11.0 Å². The number of rotatable bonds is 5. The normalized spacial score (nSPS) is 18.0. The fourth-order valence-corrected chi connectivity index (χ4v) is 4.97. The average molecular weight is 491 g/mol. The van der Waals surface area contributed by atoms with Gasteiger partial charge in [0.2, 0.25) is 0 Å². The Morgan fingerprint density at radius 1 is 1.03 bits per heavy atom. The molecule has 0 spiro atoms. The zero-order chi connectivity index (χ0) is 24.5. The van der Waals surface area contributed by atoms with Crippen LogP contribution in [0.3, 0.4) is 0 Å². The molecule has 1 aromatic carbocycles. The fourth-order valence-electron chi connectivity index (χ4n) is 4.81. The predicted molar refractivity (Wildman–Crippen MR) is 135 cm³/mol. The molecule has 1 N–H and O–H groups in total. The van der Waals surface area contributed by atoms with E-state index in [1.165, 1.54) is 0 Å². The van der Waals surface area contributed by atoms with Crippen LogP contribution in [0.4, 0.5) is 0 Å². The maximum atomic E-state index is 13.4. The zero-order valence-corrected chi connectivity index (χ0v) is 20.5. The highest BCUT2D eigenvalue weighted by Crippen LogP contribution is 2.27. The Morgan fingerprint density at radius 3 is 2.43 bits per heavy atom. The van der Waals surface area contributed by atoms with Gasteiger partial charge in [0, 0.05) is 31.2 Å². The molecular weight excluding hydrogens is 464 g/mol. The minimum Gasteiger partial charge on any atom is -0.349 e. The van der Waals surface area contributed by atoms with E-state index in [0.29, 0.717) is 40.0 Å². The quantitative estimate of drug-likeness (QED) is 0.451. The number of halogens is 1. The van der Waals surface area contributed by atoms with Gasteiger partial charge in [0.05, 0.1) is 22.0 Å². The second-order valence-electron chi connectivity index (χ2n) is 9.25. The number of amides is 1. The van der Waals surface area contributed by atoms with Gasteiger partial charge in [-0.1, -0.05) is 29.3 Å². The average Bonchev–Trinajstić information content (AvgIpc) is 3.13. The number of aryl methyl sites for hydroxylation is 2. The molecule has 35 heavy (non-hydrogen) atoms. The predicted octanol–water partition coefficient (Wildman–Crippen LogP) is 4.24. The third-order valence-corrected chi connectivity index (χ3v) is 6.97. The molecule has 5 rings (SSSR count). The number of hydrogen-bond acceptors (Lipinski definition) is 5. The number of benzene rings is 1. The lowest BCUT2D eigenvalue weighted by atomic mass is 9.86. The number of aromatic nitrogens is 5. The van der Waals surface area contributed by atoms with Gasteiger partial charge in [0.15, 0.2) is 11.3 Å². The largest absolute Gasteiger partial charge is 0.349 e. The van der Waals surface area contributed by atoms with Crippen molar-refractivity contribution in [2.24, 2.45) is 5.92 Å². The Balaban J connectivity index is 1.30. The summed E-state index contributed by atoms with van der Waals surface area (Å²) in [6.45, 7) is 4.39. The number of imidazole rings is 1. The third-order valence-electron chi connectivity index (χ3n) is 6.76. The number of hydrogen-bond donors (Lipinski definition) is 1. The maximum Gasteiger partial charge on any atom is 0.336 e. The Hall–Kier alpha value is -3.52. The van der Waals surface area contributed by atoms with Gasteiger partial charge in [-0.3, -0.25) is 14.3 Å². The maximum absolute atomic E-state index is 13.4. The number of pyridine rings is 1. The number of carbonyl (C=O) groups is 1. The fraction of sp³-hybridized carbons (Fsp3) is 0.346. The first-order chi connectivity index (χ1) is 16.9. The monoisotopic (exact) mass is 490 g/mol. The van der Waals surface area contributed by atoms with Gasteiger partial charge >= 0.3 is 5.69 Å². The second-order valence-corrected chi connectivity index (χ2v) is 9.68. The molecule has 0 atom stereocenters. The van der Waals surface area contributed by atoms with E-state index in [2.05, 4.69) is 20.3 Å². The minimum absolute atomic E-state index is 0.0857. The molecule has 3 heterocycles. The van der Waals surface area contributed by atoms with Crippen molar-refractivity contribution in [1.29, 1.82) is 0 Å². The van der Waals surface area contributed by atoms with Gasteiger partial charge in [-0.2, -0.15) is 0 Å². The summed E-state index contributed by atoms with van der Waals surface area (Å²) >= 11 is 6.02. The number of carbonyl (C=O) groups excluding carboxylic acids is 1. The molecule has 1 saturated carbocycles. The Bertz CT molecular complexity index is 1430. The molecule has 9 heteroatoms. The first-order valence-electron chi connectivity index (χ1n) is 11.8. The standard InChI is InChI=1S/C26H27ClN6O2/c1-16-3-9-21(10-4-16)33-24-23(28-11-12-29-24)32(26(33)35)15-18-5-7-20(8-6-18)31-25(34)22-13-19(27)14-30-17(22)2/h3-4,9-14,18,20H,5-8,15H2,1-2H3,(H,31,34)/t18-,20-. The lowest BCUT2D eigenvalue weighted by Crippen LogP contribution is -2.39. The van der Waals surface area contributed by atoms with Crippen molar-refractivity contribution in [3.63, 3.8) is 0 Å². The molecule has 0 saturated heterocycles. The van der Waals surface area contributed by atoms with E-state index in [4.69, 9.17) is 11.6 Å². The molecular formula is C26H27ClN6O2. The van der Waals surface area contributed by atoms with Gasteiger partial charge < -0.3 is 5.32 Å². The summed E-state index contributed by atoms with van der Waals surface area (Å²) < 4.78 is 3.38. The SMILES string of the molecule is Cc1ccc(-n2c(=O)n(C[C@H]3CC[C@H](NC(=O)c4cc(Cl)cnc4C)CC3)c3nccnc32)cc1. The molecule has 8 nitrogen and oxygen atoms in total. The summed E-state index contributed by atoms with van der Waals surface area (Å²) in [5, 5.41) is 3.57. The molecule has 1 amide bonds. The number of nitrogens with one attached hydrogen (secondary N) is 1. The van der Waals surface area contributed by atoms with Crippen molar-refractivity contribution in [3.8, 4) is 5.69 Å². The number of nitrogens with zero attached hydrogens (tertiary/aromatic N) is 5. The van der Waals surface area contributed by atoms with Crippen molar-refractivity contribution >= 4 is 28.8 Å². The van der Waals surface area contributed by atoms with Crippen molar-refractivity contribution in [3.05, 3.63) is 81.3 Å². The van der Waals surface area contributed by atoms with E-state index >= 15 is 0 Å². The number of fused-ring (bicyclic) bond motifs is 1. The van der Waals surface area contributed by atoms with E-state index in [9.17, 15) is 9.59 Å². The molecule has 1 fully saturated rings. The molecule has 0 radical (unpaired) electrons. The smallest absolute Gasteiger partial charge is 0.336 e. The van der Waals surface area contributed by atoms with Crippen molar-refractivity contribution in [2.75, 3.05) is 0 Å². The van der Waals surface area contributed by atoms with E-state index in [-0.39, 0.29) is 17.6 Å². The van der Waals surface area contributed by atoms with Crippen molar-refractivity contribution in [1.82, 2.24) is 29.4 Å². The summed E-state index contributed by atoms with van der Waals surface area (Å²) in [6, 6.07) is 9.57. The molecule has 0 unspecified atom stereocenters. The molecule has 0 aliphatic heterocycles. The van der Waals surface area contributed by atoms with Crippen LogP contribution in [0.5, 0.6) is 0 Å². The molecule has 3 aromatic heterocycles. The molecule has 4 aromatic rings. The highest BCUT2D eigenvalue weighted by Gasteiger charge is 2.26. The van der Waals surface area contributed by atoms with Gasteiger partial charge in [0.25, 0.3) is 5.91 Å². The van der Waals surface area contributed by atoms with Crippen LogP contribution in [0.15, 0.2) is 53.7 Å². The van der Waals surface area contributed by atoms with Crippen molar-refractivity contribution in [2.45, 2.75) is 52.1 Å². The summed E-state index contributed by atoms with van der Waals surface area (Å²) in [4.78, 5) is 39.3.